The van der Waals surface area contributed by atoms with Gasteiger partial charge in [-0.05, 0) is 56.2 Å². The van der Waals surface area contributed by atoms with Crippen molar-refractivity contribution in [2.75, 3.05) is 17.2 Å². The van der Waals surface area contributed by atoms with Crippen molar-refractivity contribution in [3.05, 3.63) is 70.0 Å². The lowest BCUT2D eigenvalue weighted by atomic mass is 10.1. The molecule has 2 heterocycles. The van der Waals surface area contributed by atoms with Crippen LogP contribution in [0.5, 0.6) is 0 Å². The maximum Gasteiger partial charge on any atom is 0.348 e. The molecule has 0 unspecified atom stereocenters. The first kappa shape index (κ1) is 20.3. The summed E-state index contributed by atoms with van der Waals surface area (Å²) in [6.07, 6.45) is 1.40. The Bertz CT molecular complexity index is 1030. The van der Waals surface area contributed by atoms with E-state index in [1.54, 1.807) is 12.1 Å². The fraction of sp³-hybridized carbons (Fsp3) is 0.190. The van der Waals surface area contributed by atoms with Gasteiger partial charge < -0.3 is 19.8 Å². The minimum absolute atomic E-state index is 0.167. The van der Waals surface area contributed by atoms with Crippen LogP contribution in [-0.4, -0.2) is 24.4 Å². The maximum atomic E-state index is 12.2. The molecule has 29 heavy (non-hydrogen) atoms. The van der Waals surface area contributed by atoms with Crippen molar-refractivity contribution in [1.82, 2.24) is 0 Å². The monoisotopic (exact) mass is 412 g/mol. The second-order valence-electron chi connectivity index (χ2n) is 6.49. The van der Waals surface area contributed by atoms with Gasteiger partial charge in [0.25, 0.3) is 11.8 Å². The molecule has 150 valence electrons. The lowest BCUT2D eigenvalue weighted by Crippen LogP contribution is -2.21. The van der Waals surface area contributed by atoms with Gasteiger partial charge in [0.1, 0.15) is 4.88 Å². The van der Waals surface area contributed by atoms with E-state index in [4.69, 9.17) is 9.15 Å². The quantitative estimate of drug-likeness (QED) is 0.588. The van der Waals surface area contributed by atoms with Crippen LogP contribution in [-0.2, 0) is 9.53 Å². The van der Waals surface area contributed by atoms with Gasteiger partial charge in [-0.1, -0.05) is 17.7 Å². The van der Waals surface area contributed by atoms with Crippen LogP contribution in [0.2, 0.25) is 0 Å². The summed E-state index contributed by atoms with van der Waals surface area (Å²) < 4.78 is 10.1. The van der Waals surface area contributed by atoms with Gasteiger partial charge in [0, 0.05) is 5.69 Å². The van der Waals surface area contributed by atoms with Crippen LogP contribution in [0.4, 0.5) is 10.7 Å². The highest BCUT2D eigenvalue weighted by molar-refractivity contribution is 7.18. The van der Waals surface area contributed by atoms with Crippen molar-refractivity contribution < 1.29 is 23.5 Å². The first-order chi connectivity index (χ1) is 13.8. The van der Waals surface area contributed by atoms with Crippen LogP contribution in [0.1, 0.15) is 36.9 Å². The van der Waals surface area contributed by atoms with E-state index in [0.29, 0.717) is 5.00 Å². The minimum Gasteiger partial charge on any atom is -0.459 e. The maximum absolute atomic E-state index is 12.2. The lowest BCUT2D eigenvalue weighted by Gasteiger charge is -2.12. The number of benzene rings is 1. The second-order valence-corrected chi connectivity index (χ2v) is 7.58. The number of aryl methyl sites for hydroxylation is 3. The average Bonchev–Trinajstić information content (AvgIpc) is 3.34. The van der Waals surface area contributed by atoms with Crippen molar-refractivity contribution in [1.29, 1.82) is 0 Å². The molecule has 2 amide bonds. The summed E-state index contributed by atoms with van der Waals surface area (Å²) in [7, 11) is 0. The predicted octanol–water partition coefficient (Wildman–Crippen LogP) is 4.31. The number of nitrogens with one attached hydrogen (secondary N) is 2. The summed E-state index contributed by atoms with van der Waals surface area (Å²) >= 11 is 1.05. The molecular weight excluding hydrogens is 392 g/mol. The number of esters is 1. The Kier molecular flexibility index (Phi) is 6.13. The first-order valence-corrected chi connectivity index (χ1v) is 9.64. The molecule has 0 aliphatic heterocycles. The van der Waals surface area contributed by atoms with Gasteiger partial charge in [0.2, 0.25) is 0 Å². The number of anilines is 2. The highest BCUT2D eigenvalue weighted by Gasteiger charge is 2.16. The molecule has 0 fully saturated rings. The number of carbonyl (C=O) groups is 3. The SMILES string of the molecule is Cc1cc(C)c(NC(=O)COC(=O)c2ccc(NC(=O)c3ccco3)s2)c(C)c1. The molecule has 0 spiro atoms. The normalized spacial score (nSPS) is 10.4. The van der Waals surface area contributed by atoms with E-state index in [1.165, 1.54) is 18.4 Å². The van der Waals surface area contributed by atoms with Crippen molar-refractivity contribution in [3.8, 4) is 0 Å². The van der Waals surface area contributed by atoms with E-state index >= 15 is 0 Å². The molecule has 2 N–H and O–H groups in total. The zero-order chi connectivity index (χ0) is 21.0. The van der Waals surface area contributed by atoms with Gasteiger partial charge in [-0.2, -0.15) is 0 Å². The van der Waals surface area contributed by atoms with Crippen LogP contribution >= 0.6 is 11.3 Å². The summed E-state index contributed by atoms with van der Waals surface area (Å²) in [6.45, 7) is 5.40. The Morgan fingerprint density at radius 3 is 2.41 bits per heavy atom. The van der Waals surface area contributed by atoms with Crippen molar-refractivity contribution in [3.63, 3.8) is 0 Å². The molecule has 0 aliphatic rings. The largest absolute Gasteiger partial charge is 0.459 e. The van der Waals surface area contributed by atoms with Gasteiger partial charge >= 0.3 is 5.97 Å². The van der Waals surface area contributed by atoms with E-state index in [2.05, 4.69) is 10.6 Å². The molecule has 0 bridgehead atoms. The van der Waals surface area contributed by atoms with E-state index in [0.717, 1.165) is 33.7 Å². The Morgan fingerprint density at radius 1 is 1.03 bits per heavy atom. The van der Waals surface area contributed by atoms with Crippen LogP contribution in [0, 0.1) is 20.8 Å². The molecule has 0 saturated heterocycles. The third-order valence-electron chi connectivity index (χ3n) is 4.06. The summed E-state index contributed by atoms with van der Waals surface area (Å²) in [5.74, 6) is -1.31. The number of carbonyl (C=O) groups excluding carboxylic acids is 3. The van der Waals surface area contributed by atoms with Crippen molar-refractivity contribution in [2.45, 2.75) is 20.8 Å². The molecule has 0 saturated carbocycles. The molecule has 3 rings (SSSR count). The number of furan rings is 1. The molecular formula is C21H20N2O5S. The Labute approximate surface area is 171 Å². The number of rotatable bonds is 6. The van der Waals surface area contributed by atoms with Gasteiger partial charge in [0.05, 0.1) is 11.3 Å². The third-order valence-corrected chi connectivity index (χ3v) is 5.05. The summed E-state index contributed by atoms with van der Waals surface area (Å²) in [5, 5.41) is 5.88. The van der Waals surface area contributed by atoms with E-state index in [-0.39, 0.29) is 10.6 Å². The van der Waals surface area contributed by atoms with Gasteiger partial charge in [0.15, 0.2) is 12.4 Å². The van der Waals surface area contributed by atoms with Gasteiger partial charge in [-0.15, -0.1) is 11.3 Å². The number of thiophene rings is 1. The smallest absolute Gasteiger partial charge is 0.348 e. The van der Waals surface area contributed by atoms with Gasteiger partial charge in [-0.25, -0.2) is 4.79 Å². The van der Waals surface area contributed by atoms with Crippen LogP contribution in [0.3, 0.4) is 0 Å². The highest BCUT2D eigenvalue weighted by Crippen LogP contribution is 2.24. The molecule has 0 atom stereocenters. The molecule has 2 aromatic heterocycles. The van der Waals surface area contributed by atoms with Gasteiger partial charge in [-0.3, -0.25) is 9.59 Å². The summed E-state index contributed by atoms with van der Waals surface area (Å²) in [5.41, 5.74) is 3.71. The zero-order valence-electron chi connectivity index (χ0n) is 16.2. The number of amides is 2. The Balaban J connectivity index is 1.54. The van der Waals surface area contributed by atoms with Crippen LogP contribution < -0.4 is 10.6 Å². The van der Waals surface area contributed by atoms with Crippen molar-refractivity contribution >= 4 is 39.8 Å². The average molecular weight is 412 g/mol. The van der Waals surface area contributed by atoms with Crippen LogP contribution in [0.15, 0.2) is 47.1 Å². The topological polar surface area (TPSA) is 97.6 Å². The molecule has 0 aliphatic carbocycles. The highest BCUT2D eigenvalue weighted by atomic mass is 32.1. The Morgan fingerprint density at radius 2 is 1.76 bits per heavy atom. The number of ether oxygens (including phenoxy) is 1. The predicted molar refractivity (Wildman–Crippen MR) is 111 cm³/mol. The zero-order valence-corrected chi connectivity index (χ0v) is 17.0. The Hall–Kier alpha value is -3.39. The molecule has 8 heteroatoms. The van der Waals surface area contributed by atoms with E-state index in [9.17, 15) is 14.4 Å². The fourth-order valence-corrected chi connectivity index (χ4v) is 3.65. The number of hydrogen-bond acceptors (Lipinski definition) is 6. The minimum atomic E-state index is -0.638. The van der Waals surface area contributed by atoms with E-state index in [1.807, 2.05) is 32.9 Å². The lowest BCUT2D eigenvalue weighted by molar-refractivity contribution is -0.119. The standard InChI is InChI=1S/C21H20N2O5S/c1-12-9-13(2)19(14(3)10-12)22-17(24)11-28-21(26)16-6-7-18(29-16)23-20(25)15-5-4-8-27-15/h4-10H,11H2,1-3H3,(H,22,24)(H,23,25). The van der Waals surface area contributed by atoms with E-state index < -0.39 is 24.4 Å². The third kappa shape index (κ3) is 5.11. The second kappa shape index (κ2) is 8.74. The summed E-state index contributed by atoms with van der Waals surface area (Å²) in [4.78, 5) is 36.6. The molecule has 0 radical (unpaired) electrons. The fourth-order valence-electron chi connectivity index (χ4n) is 2.85. The number of hydrogen-bond donors (Lipinski definition) is 2. The van der Waals surface area contributed by atoms with Crippen LogP contribution in [0.25, 0.3) is 0 Å². The first-order valence-electron chi connectivity index (χ1n) is 8.83. The molecule has 1 aromatic carbocycles. The van der Waals surface area contributed by atoms with Crippen molar-refractivity contribution in [2.24, 2.45) is 0 Å². The summed E-state index contributed by atoms with van der Waals surface area (Å²) in [6, 6.07) is 10.2. The molecule has 3 aromatic rings. The molecule has 7 nitrogen and oxygen atoms in total.